The highest BCUT2D eigenvalue weighted by molar-refractivity contribution is 5.95. The van der Waals surface area contributed by atoms with Crippen molar-refractivity contribution in [2.24, 2.45) is 0 Å². The van der Waals surface area contributed by atoms with E-state index in [4.69, 9.17) is 10.5 Å². The molecule has 1 fully saturated rings. The van der Waals surface area contributed by atoms with Crippen LogP contribution in [0.1, 0.15) is 34.3 Å². The average molecular weight is 296 g/mol. The van der Waals surface area contributed by atoms with Crippen LogP contribution in [-0.4, -0.2) is 11.9 Å². The molecule has 0 radical (unpaired) electrons. The monoisotopic (exact) mass is 296 g/mol. The summed E-state index contributed by atoms with van der Waals surface area (Å²) in [4.78, 5) is 12.0. The Morgan fingerprint density at radius 3 is 2.59 bits per heavy atom. The molecule has 0 atom stereocenters. The van der Waals surface area contributed by atoms with E-state index in [0.717, 1.165) is 18.4 Å². The molecule has 4 heteroatoms. The number of benzene rings is 2. The second kappa shape index (κ2) is 6.10. The molecule has 0 bridgehead atoms. The lowest BCUT2D eigenvalue weighted by molar-refractivity contribution is 0.0951. The summed E-state index contributed by atoms with van der Waals surface area (Å²) in [7, 11) is 0. The molecule has 0 saturated heterocycles. The summed E-state index contributed by atoms with van der Waals surface area (Å²) in [5.74, 6) is 0.530. The molecule has 2 aromatic rings. The Hall–Kier alpha value is -2.49. The Morgan fingerprint density at radius 1 is 1.23 bits per heavy atom. The van der Waals surface area contributed by atoms with E-state index >= 15 is 0 Å². The van der Waals surface area contributed by atoms with Gasteiger partial charge in [0.2, 0.25) is 0 Å². The highest BCUT2D eigenvalue weighted by Gasteiger charge is 2.23. The van der Waals surface area contributed by atoms with Crippen molar-refractivity contribution in [3.05, 3.63) is 59.2 Å². The van der Waals surface area contributed by atoms with Gasteiger partial charge in [-0.15, -0.1) is 0 Å². The normalized spacial score (nSPS) is 13.7. The molecule has 0 spiro atoms. The molecule has 0 unspecified atom stereocenters. The van der Waals surface area contributed by atoms with Crippen molar-refractivity contribution in [2.45, 2.75) is 32.4 Å². The summed E-state index contributed by atoms with van der Waals surface area (Å²) in [6, 6.07) is 13.7. The third kappa shape index (κ3) is 3.58. The minimum absolute atomic E-state index is 0.0701. The van der Waals surface area contributed by atoms with Crippen molar-refractivity contribution >= 4 is 11.6 Å². The van der Waals surface area contributed by atoms with Gasteiger partial charge in [-0.25, -0.2) is 0 Å². The van der Waals surface area contributed by atoms with Gasteiger partial charge in [-0.3, -0.25) is 4.79 Å². The number of carbonyl (C=O) groups is 1. The van der Waals surface area contributed by atoms with Gasteiger partial charge in [0.05, 0.1) is 5.69 Å². The Morgan fingerprint density at radius 2 is 1.95 bits per heavy atom. The van der Waals surface area contributed by atoms with Gasteiger partial charge < -0.3 is 15.8 Å². The molecule has 1 aliphatic rings. The van der Waals surface area contributed by atoms with Crippen molar-refractivity contribution in [2.75, 3.05) is 5.73 Å². The van der Waals surface area contributed by atoms with E-state index in [2.05, 4.69) is 5.32 Å². The fraction of sp³-hybridized carbons (Fsp3) is 0.278. The largest absolute Gasteiger partial charge is 0.487 e. The quantitative estimate of drug-likeness (QED) is 0.834. The number of nitrogens with one attached hydrogen (secondary N) is 1. The third-order valence-corrected chi connectivity index (χ3v) is 3.70. The van der Waals surface area contributed by atoms with Crippen LogP contribution in [0, 0.1) is 6.92 Å². The van der Waals surface area contributed by atoms with Gasteiger partial charge in [0.25, 0.3) is 5.91 Å². The molecule has 0 aliphatic heterocycles. The van der Waals surface area contributed by atoms with Gasteiger partial charge in [0.1, 0.15) is 12.4 Å². The summed E-state index contributed by atoms with van der Waals surface area (Å²) >= 11 is 0. The number of rotatable bonds is 5. The first-order valence-corrected chi connectivity index (χ1v) is 7.50. The smallest absolute Gasteiger partial charge is 0.251 e. The maximum absolute atomic E-state index is 12.0. The van der Waals surface area contributed by atoms with E-state index in [1.165, 1.54) is 5.56 Å². The van der Waals surface area contributed by atoms with Crippen molar-refractivity contribution < 1.29 is 9.53 Å². The van der Waals surface area contributed by atoms with Crippen LogP contribution in [0.3, 0.4) is 0 Å². The zero-order chi connectivity index (χ0) is 15.5. The Balaban J connectivity index is 1.63. The number of nitrogens with two attached hydrogens (primary N) is 1. The highest BCUT2D eigenvalue weighted by Crippen LogP contribution is 2.25. The second-order valence-electron chi connectivity index (χ2n) is 5.77. The van der Waals surface area contributed by atoms with Crippen LogP contribution in [0.25, 0.3) is 0 Å². The number of hydrogen-bond acceptors (Lipinski definition) is 3. The van der Waals surface area contributed by atoms with E-state index in [0.29, 0.717) is 29.6 Å². The minimum atomic E-state index is -0.0701. The van der Waals surface area contributed by atoms with E-state index in [1.807, 2.05) is 31.2 Å². The summed E-state index contributed by atoms with van der Waals surface area (Å²) in [6.07, 6.45) is 2.14. The van der Waals surface area contributed by atoms with Gasteiger partial charge >= 0.3 is 0 Å². The maximum atomic E-state index is 12.0. The molecule has 1 amide bonds. The highest BCUT2D eigenvalue weighted by atomic mass is 16.5. The van der Waals surface area contributed by atoms with E-state index in [1.54, 1.807) is 18.2 Å². The number of amides is 1. The Kier molecular flexibility index (Phi) is 4.00. The van der Waals surface area contributed by atoms with Gasteiger partial charge in [0, 0.05) is 11.6 Å². The second-order valence-corrected chi connectivity index (χ2v) is 5.77. The molecule has 114 valence electrons. The summed E-state index contributed by atoms with van der Waals surface area (Å²) in [6.45, 7) is 2.51. The minimum Gasteiger partial charge on any atom is -0.487 e. The summed E-state index contributed by atoms with van der Waals surface area (Å²) in [5, 5.41) is 2.94. The van der Waals surface area contributed by atoms with Crippen molar-refractivity contribution in [1.82, 2.24) is 5.32 Å². The van der Waals surface area contributed by atoms with Gasteiger partial charge in [0.15, 0.2) is 0 Å². The zero-order valence-electron chi connectivity index (χ0n) is 12.6. The van der Waals surface area contributed by atoms with Crippen LogP contribution in [0.4, 0.5) is 5.69 Å². The zero-order valence-corrected chi connectivity index (χ0v) is 12.6. The standard InChI is InChI=1S/C18H20N2O2/c1-12-2-4-13(5-3-12)11-22-17-9-6-14(10-16(17)19)18(21)20-15-7-8-15/h2-6,9-10,15H,7-8,11,19H2,1H3,(H,20,21). The first-order valence-electron chi connectivity index (χ1n) is 7.50. The van der Waals surface area contributed by atoms with Gasteiger partial charge in [-0.2, -0.15) is 0 Å². The summed E-state index contributed by atoms with van der Waals surface area (Å²) in [5.41, 5.74) is 9.35. The van der Waals surface area contributed by atoms with E-state index in [9.17, 15) is 4.79 Å². The molecule has 2 aromatic carbocycles. The van der Waals surface area contributed by atoms with Crippen LogP contribution in [-0.2, 0) is 6.61 Å². The molecule has 1 saturated carbocycles. The van der Waals surface area contributed by atoms with Crippen molar-refractivity contribution in [3.63, 3.8) is 0 Å². The Bertz CT molecular complexity index is 676. The lowest BCUT2D eigenvalue weighted by atomic mass is 10.1. The number of ether oxygens (including phenoxy) is 1. The molecule has 0 aromatic heterocycles. The molecule has 3 rings (SSSR count). The first kappa shape index (κ1) is 14.4. The first-order chi connectivity index (χ1) is 10.6. The van der Waals surface area contributed by atoms with Crippen molar-refractivity contribution in [3.8, 4) is 5.75 Å². The molecule has 4 nitrogen and oxygen atoms in total. The molecular formula is C18H20N2O2. The van der Waals surface area contributed by atoms with Crippen molar-refractivity contribution in [1.29, 1.82) is 0 Å². The van der Waals surface area contributed by atoms with Gasteiger partial charge in [-0.05, 0) is 43.5 Å². The number of aryl methyl sites for hydroxylation is 1. The van der Waals surface area contributed by atoms with Crippen LogP contribution in [0.2, 0.25) is 0 Å². The fourth-order valence-corrected chi connectivity index (χ4v) is 2.16. The predicted octanol–water partition coefficient (Wildman–Crippen LogP) is 3.05. The maximum Gasteiger partial charge on any atom is 0.251 e. The molecule has 22 heavy (non-hydrogen) atoms. The lowest BCUT2D eigenvalue weighted by Gasteiger charge is -2.11. The summed E-state index contributed by atoms with van der Waals surface area (Å²) < 4.78 is 5.73. The number of hydrogen-bond donors (Lipinski definition) is 2. The molecular weight excluding hydrogens is 276 g/mol. The average Bonchev–Trinajstić information content (AvgIpc) is 3.31. The molecule has 0 heterocycles. The van der Waals surface area contributed by atoms with Gasteiger partial charge in [-0.1, -0.05) is 29.8 Å². The molecule has 3 N–H and O–H groups in total. The number of nitrogen functional groups attached to an aromatic ring is 1. The van der Waals surface area contributed by atoms with Crippen LogP contribution >= 0.6 is 0 Å². The third-order valence-electron chi connectivity index (χ3n) is 3.70. The lowest BCUT2D eigenvalue weighted by Crippen LogP contribution is -2.25. The SMILES string of the molecule is Cc1ccc(COc2ccc(C(=O)NC3CC3)cc2N)cc1. The fourth-order valence-electron chi connectivity index (χ4n) is 2.16. The van der Waals surface area contributed by atoms with Crippen LogP contribution in [0.15, 0.2) is 42.5 Å². The molecule has 1 aliphatic carbocycles. The number of carbonyl (C=O) groups excluding carboxylic acids is 1. The van der Waals surface area contributed by atoms with Crippen LogP contribution < -0.4 is 15.8 Å². The van der Waals surface area contributed by atoms with E-state index < -0.39 is 0 Å². The number of anilines is 1. The van der Waals surface area contributed by atoms with E-state index in [-0.39, 0.29) is 5.91 Å². The topological polar surface area (TPSA) is 64.3 Å². The predicted molar refractivity (Wildman–Crippen MR) is 86.9 cm³/mol. The Labute approximate surface area is 130 Å². The van der Waals surface area contributed by atoms with Crippen LogP contribution in [0.5, 0.6) is 5.75 Å².